The van der Waals surface area contributed by atoms with Gasteiger partial charge >= 0.3 is 5.97 Å². The molecule has 2 N–H and O–H groups in total. The van der Waals surface area contributed by atoms with E-state index in [-0.39, 0.29) is 16.9 Å². The first-order chi connectivity index (χ1) is 6.15. The fraction of sp³-hybridized carbons (Fsp3) is 0.900. The van der Waals surface area contributed by atoms with Gasteiger partial charge in [-0.25, -0.2) is 0 Å². The highest BCUT2D eigenvalue weighted by Crippen LogP contribution is 2.56. The zero-order valence-corrected chi connectivity index (χ0v) is 8.14. The van der Waals surface area contributed by atoms with E-state index in [1.54, 1.807) is 0 Å². The molecule has 3 heteroatoms. The Bertz CT molecular complexity index is 227. The summed E-state index contributed by atoms with van der Waals surface area (Å²) in [5.41, 5.74) is 5.61. The van der Waals surface area contributed by atoms with Gasteiger partial charge in [0.15, 0.2) is 0 Å². The number of carbonyl (C=O) groups is 1. The molecule has 74 valence electrons. The number of rotatable bonds is 2. The standard InChI is InChI=1S/C10H17NO2/c1-13-8(12)9(4-2-3-5-9)10(11)6-7-10/h2-7,11H2,1H3. The molecule has 2 aliphatic carbocycles. The van der Waals surface area contributed by atoms with Crippen LogP contribution in [0.25, 0.3) is 0 Å². The Morgan fingerprint density at radius 3 is 2.15 bits per heavy atom. The van der Waals surface area contributed by atoms with Crippen LogP contribution in [0.15, 0.2) is 0 Å². The van der Waals surface area contributed by atoms with Crippen LogP contribution in [0, 0.1) is 5.41 Å². The average molecular weight is 183 g/mol. The van der Waals surface area contributed by atoms with Gasteiger partial charge in [-0.2, -0.15) is 0 Å². The molecule has 2 rings (SSSR count). The van der Waals surface area contributed by atoms with Gasteiger partial charge in [0.1, 0.15) is 0 Å². The molecule has 0 aromatic heterocycles. The summed E-state index contributed by atoms with van der Waals surface area (Å²) in [5, 5.41) is 0. The third-order valence-corrected chi connectivity index (χ3v) is 3.77. The van der Waals surface area contributed by atoms with Crippen LogP contribution in [0.2, 0.25) is 0 Å². The second kappa shape index (κ2) is 2.71. The lowest BCUT2D eigenvalue weighted by Gasteiger charge is -2.32. The minimum absolute atomic E-state index is 0.0787. The molecule has 0 saturated heterocycles. The van der Waals surface area contributed by atoms with Gasteiger partial charge in [0.05, 0.1) is 12.5 Å². The van der Waals surface area contributed by atoms with Crippen molar-refractivity contribution in [2.75, 3.05) is 7.11 Å². The van der Waals surface area contributed by atoms with Crippen molar-refractivity contribution >= 4 is 5.97 Å². The van der Waals surface area contributed by atoms with Gasteiger partial charge in [0, 0.05) is 5.54 Å². The predicted molar refractivity (Wildman–Crippen MR) is 49.1 cm³/mol. The Labute approximate surface area is 78.6 Å². The van der Waals surface area contributed by atoms with Crippen LogP contribution < -0.4 is 5.73 Å². The number of hydrogen-bond donors (Lipinski definition) is 1. The van der Waals surface area contributed by atoms with Crippen molar-refractivity contribution in [3.05, 3.63) is 0 Å². The monoisotopic (exact) mass is 183 g/mol. The average Bonchev–Trinajstić information content (AvgIpc) is 2.73. The Hall–Kier alpha value is -0.570. The van der Waals surface area contributed by atoms with Gasteiger partial charge in [-0.1, -0.05) is 12.8 Å². The molecule has 0 bridgehead atoms. The van der Waals surface area contributed by atoms with Gasteiger partial charge in [-0.3, -0.25) is 4.79 Å². The number of methoxy groups -OCH3 is 1. The van der Waals surface area contributed by atoms with E-state index >= 15 is 0 Å². The summed E-state index contributed by atoms with van der Waals surface area (Å²) < 4.78 is 4.89. The number of ether oxygens (including phenoxy) is 1. The van der Waals surface area contributed by atoms with E-state index in [2.05, 4.69) is 0 Å². The molecule has 0 spiro atoms. The fourth-order valence-electron chi connectivity index (χ4n) is 2.69. The van der Waals surface area contributed by atoms with Crippen LogP contribution in [0.4, 0.5) is 0 Å². The summed E-state index contributed by atoms with van der Waals surface area (Å²) in [7, 11) is 1.47. The van der Waals surface area contributed by atoms with Crippen LogP contribution in [0.1, 0.15) is 38.5 Å². The molecule has 2 saturated carbocycles. The summed E-state index contributed by atoms with van der Waals surface area (Å²) in [6.45, 7) is 0. The summed E-state index contributed by atoms with van der Waals surface area (Å²) in [6, 6.07) is 0. The highest BCUT2D eigenvalue weighted by Gasteiger charge is 2.62. The van der Waals surface area contributed by atoms with Crippen LogP contribution in [0.5, 0.6) is 0 Å². The number of esters is 1. The molecule has 13 heavy (non-hydrogen) atoms. The van der Waals surface area contributed by atoms with Crippen molar-refractivity contribution in [2.24, 2.45) is 11.1 Å². The first-order valence-corrected chi connectivity index (χ1v) is 5.02. The second-order valence-corrected chi connectivity index (χ2v) is 4.44. The molecule has 0 amide bonds. The van der Waals surface area contributed by atoms with Crippen LogP contribution >= 0.6 is 0 Å². The first-order valence-electron chi connectivity index (χ1n) is 5.02. The lowest BCUT2D eigenvalue weighted by Crippen LogP contribution is -2.48. The Kier molecular flexibility index (Phi) is 1.88. The maximum Gasteiger partial charge on any atom is 0.313 e. The number of carbonyl (C=O) groups excluding carboxylic acids is 1. The molecule has 0 radical (unpaired) electrons. The normalized spacial score (nSPS) is 28.5. The summed E-state index contributed by atoms with van der Waals surface area (Å²) in [4.78, 5) is 11.7. The Balaban J connectivity index is 2.25. The molecule has 2 fully saturated rings. The smallest absolute Gasteiger partial charge is 0.313 e. The van der Waals surface area contributed by atoms with Crippen molar-refractivity contribution < 1.29 is 9.53 Å². The van der Waals surface area contributed by atoms with Gasteiger partial charge in [-0.15, -0.1) is 0 Å². The largest absolute Gasteiger partial charge is 0.469 e. The highest BCUT2D eigenvalue weighted by molar-refractivity contribution is 5.79. The van der Waals surface area contributed by atoms with Crippen molar-refractivity contribution in [1.29, 1.82) is 0 Å². The molecule has 0 unspecified atom stereocenters. The van der Waals surface area contributed by atoms with E-state index in [1.807, 2.05) is 0 Å². The SMILES string of the molecule is COC(=O)C1(C2(N)CC2)CCCC1. The third-order valence-electron chi connectivity index (χ3n) is 3.77. The van der Waals surface area contributed by atoms with Crippen molar-refractivity contribution in [3.8, 4) is 0 Å². The molecule has 0 aromatic carbocycles. The van der Waals surface area contributed by atoms with Crippen molar-refractivity contribution in [3.63, 3.8) is 0 Å². The predicted octanol–water partition coefficient (Wildman–Crippen LogP) is 1.21. The van der Waals surface area contributed by atoms with Crippen molar-refractivity contribution in [2.45, 2.75) is 44.1 Å². The van der Waals surface area contributed by atoms with E-state index in [1.165, 1.54) is 7.11 Å². The van der Waals surface area contributed by atoms with Crippen molar-refractivity contribution in [1.82, 2.24) is 0 Å². The molecule has 0 aromatic rings. The zero-order valence-electron chi connectivity index (χ0n) is 8.14. The van der Waals surface area contributed by atoms with Crippen LogP contribution in [-0.4, -0.2) is 18.6 Å². The van der Waals surface area contributed by atoms with E-state index in [0.29, 0.717) is 0 Å². The molecule has 0 atom stereocenters. The molecule has 3 nitrogen and oxygen atoms in total. The van der Waals surface area contributed by atoms with Gasteiger partial charge in [0.25, 0.3) is 0 Å². The lowest BCUT2D eigenvalue weighted by atomic mass is 9.76. The van der Waals surface area contributed by atoms with Gasteiger partial charge < -0.3 is 10.5 Å². The maximum absolute atomic E-state index is 11.7. The topological polar surface area (TPSA) is 52.3 Å². The number of hydrogen-bond acceptors (Lipinski definition) is 3. The maximum atomic E-state index is 11.7. The summed E-state index contributed by atoms with van der Waals surface area (Å²) >= 11 is 0. The molecular weight excluding hydrogens is 166 g/mol. The molecule has 2 aliphatic rings. The van der Waals surface area contributed by atoms with E-state index in [0.717, 1.165) is 38.5 Å². The van der Waals surface area contributed by atoms with Crippen LogP contribution in [0.3, 0.4) is 0 Å². The zero-order chi connectivity index (χ0) is 9.53. The highest BCUT2D eigenvalue weighted by atomic mass is 16.5. The molecule has 0 aliphatic heterocycles. The molecular formula is C10H17NO2. The third kappa shape index (κ3) is 1.10. The fourth-order valence-corrected chi connectivity index (χ4v) is 2.69. The Morgan fingerprint density at radius 1 is 1.23 bits per heavy atom. The van der Waals surface area contributed by atoms with Crippen LogP contribution in [-0.2, 0) is 9.53 Å². The van der Waals surface area contributed by atoms with Gasteiger partial charge in [-0.05, 0) is 25.7 Å². The number of nitrogens with two attached hydrogens (primary N) is 1. The minimum Gasteiger partial charge on any atom is -0.469 e. The molecule has 0 heterocycles. The van der Waals surface area contributed by atoms with E-state index in [9.17, 15) is 4.79 Å². The minimum atomic E-state index is -0.332. The Morgan fingerprint density at radius 2 is 1.77 bits per heavy atom. The first kappa shape index (κ1) is 9.00. The lowest BCUT2D eigenvalue weighted by molar-refractivity contribution is -0.154. The second-order valence-electron chi connectivity index (χ2n) is 4.44. The quantitative estimate of drug-likeness (QED) is 0.655. The summed E-state index contributed by atoms with van der Waals surface area (Å²) in [6.07, 6.45) is 6.07. The van der Waals surface area contributed by atoms with E-state index < -0.39 is 0 Å². The van der Waals surface area contributed by atoms with Gasteiger partial charge in [0.2, 0.25) is 0 Å². The summed E-state index contributed by atoms with van der Waals surface area (Å²) in [5.74, 6) is -0.0787. The van der Waals surface area contributed by atoms with E-state index in [4.69, 9.17) is 10.5 Å².